The Labute approximate surface area is 233 Å². The van der Waals surface area contributed by atoms with Crippen LogP contribution in [-0.4, -0.2) is 65.8 Å². The number of carbonyl (C=O) groups excluding carboxylic acids is 3. The fourth-order valence-corrected chi connectivity index (χ4v) is 5.61. The standard InChI is InChI=1S/C27H28ClFN4O7/c1-39-26(10-11-26)13-19(31-22(34)15-3-5-16(6-4-15)30-24(36)37)23(35)33-12-2-9-27(14-33)20-18(32-25(38)40-27)8-7-17(28)21(20)29/h3-8,19,30H,2,9-14H2,1H3,(H,31,34)(H,32,38)(H,36,37). The van der Waals surface area contributed by atoms with E-state index >= 15 is 4.39 Å². The summed E-state index contributed by atoms with van der Waals surface area (Å²) in [5.74, 6) is -1.68. The molecule has 212 valence electrons. The summed E-state index contributed by atoms with van der Waals surface area (Å²) in [5.41, 5.74) is -1.16. The van der Waals surface area contributed by atoms with Crippen LogP contribution in [-0.2, 0) is 19.9 Å². The van der Waals surface area contributed by atoms with Gasteiger partial charge in [0.25, 0.3) is 5.91 Å². The van der Waals surface area contributed by atoms with Gasteiger partial charge >= 0.3 is 12.2 Å². The van der Waals surface area contributed by atoms with E-state index in [4.69, 9.17) is 26.2 Å². The summed E-state index contributed by atoms with van der Waals surface area (Å²) in [6.07, 6.45) is 0.370. The molecule has 2 unspecified atom stereocenters. The Morgan fingerprint density at radius 3 is 2.58 bits per heavy atom. The summed E-state index contributed by atoms with van der Waals surface area (Å²) < 4.78 is 26.6. The van der Waals surface area contributed by atoms with Crippen molar-refractivity contribution in [3.63, 3.8) is 0 Å². The van der Waals surface area contributed by atoms with E-state index in [0.717, 1.165) is 12.8 Å². The van der Waals surface area contributed by atoms with Gasteiger partial charge in [-0.2, -0.15) is 0 Å². The van der Waals surface area contributed by atoms with Crippen molar-refractivity contribution < 1.29 is 38.1 Å². The summed E-state index contributed by atoms with van der Waals surface area (Å²) in [6.45, 7) is 0.191. The first-order valence-electron chi connectivity index (χ1n) is 12.8. The summed E-state index contributed by atoms with van der Waals surface area (Å²) in [4.78, 5) is 51.8. The van der Waals surface area contributed by atoms with E-state index in [0.29, 0.717) is 13.0 Å². The average Bonchev–Trinajstić information content (AvgIpc) is 3.69. The van der Waals surface area contributed by atoms with Crippen LogP contribution >= 0.6 is 11.6 Å². The summed E-state index contributed by atoms with van der Waals surface area (Å²) in [6, 6.07) is 7.62. The smallest absolute Gasteiger partial charge is 0.412 e. The molecule has 2 fully saturated rings. The Balaban J connectivity index is 1.40. The number of carboxylic acid groups (broad SMARTS) is 1. The fourth-order valence-electron chi connectivity index (χ4n) is 5.46. The number of nitrogens with zero attached hydrogens (tertiary/aromatic N) is 1. The monoisotopic (exact) mass is 574 g/mol. The average molecular weight is 575 g/mol. The van der Waals surface area contributed by atoms with E-state index in [1.807, 2.05) is 0 Å². The first-order valence-corrected chi connectivity index (χ1v) is 13.2. The molecule has 0 aromatic heterocycles. The second-order valence-corrected chi connectivity index (χ2v) is 10.7. The molecular formula is C27H28ClFN4O7. The Hall–Kier alpha value is -3.90. The maximum atomic E-state index is 15.3. The van der Waals surface area contributed by atoms with Crippen molar-refractivity contribution in [2.24, 2.45) is 0 Å². The molecule has 40 heavy (non-hydrogen) atoms. The van der Waals surface area contributed by atoms with Crippen LogP contribution in [0.5, 0.6) is 0 Å². The predicted octanol–water partition coefficient (Wildman–Crippen LogP) is 4.32. The van der Waals surface area contributed by atoms with E-state index in [1.165, 1.54) is 41.3 Å². The SMILES string of the molecule is COC1(CC(NC(=O)c2ccc(NC(=O)O)cc2)C(=O)N2CCCC3(C2)OC(=O)Nc2ccc(Cl)c(F)c23)CC1. The fraction of sp³-hybridized carbons (Fsp3) is 0.407. The minimum absolute atomic E-state index is 0.0864. The third-order valence-electron chi connectivity index (χ3n) is 7.66. The predicted molar refractivity (Wildman–Crippen MR) is 142 cm³/mol. The molecule has 3 aliphatic rings. The van der Waals surface area contributed by atoms with Crippen molar-refractivity contribution in [1.29, 1.82) is 0 Å². The zero-order chi connectivity index (χ0) is 28.7. The maximum absolute atomic E-state index is 15.3. The van der Waals surface area contributed by atoms with Gasteiger partial charge in [-0.3, -0.25) is 20.2 Å². The Morgan fingerprint density at radius 1 is 1.20 bits per heavy atom. The van der Waals surface area contributed by atoms with Gasteiger partial charge in [0, 0.05) is 31.3 Å². The largest absolute Gasteiger partial charge is 0.465 e. The molecule has 1 spiro atoms. The number of halogens is 2. The minimum atomic E-state index is -1.44. The number of methoxy groups -OCH3 is 1. The molecule has 0 radical (unpaired) electrons. The molecule has 11 nitrogen and oxygen atoms in total. The molecule has 0 bridgehead atoms. The topological polar surface area (TPSA) is 146 Å². The number of ether oxygens (including phenoxy) is 2. The number of carbonyl (C=O) groups is 4. The van der Waals surface area contributed by atoms with Gasteiger partial charge in [-0.25, -0.2) is 14.0 Å². The van der Waals surface area contributed by atoms with Crippen molar-refractivity contribution in [2.45, 2.75) is 49.3 Å². The van der Waals surface area contributed by atoms with Crippen LogP contribution in [0.15, 0.2) is 36.4 Å². The highest BCUT2D eigenvalue weighted by Crippen LogP contribution is 2.46. The lowest BCUT2D eigenvalue weighted by molar-refractivity contribution is -0.142. The number of nitrogens with one attached hydrogen (secondary N) is 3. The van der Waals surface area contributed by atoms with Gasteiger partial charge in [0.1, 0.15) is 6.04 Å². The third kappa shape index (κ3) is 5.41. The highest BCUT2D eigenvalue weighted by Gasteiger charge is 2.51. The highest BCUT2D eigenvalue weighted by atomic mass is 35.5. The molecule has 5 rings (SSSR count). The van der Waals surface area contributed by atoms with Crippen LogP contribution < -0.4 is 16.0 Å². The van der Waals surface area contributed by atoms with Gasteiger partial charge in [0.2, 0.25) is 5.91 Å². The van der Waals surface area contributed by atoms with Gasteiger partial charge in [-0.05, 0) is 62.1 Å². The van der Waals surface area contributed by atoms with Crippen LogP contribution in [0.3, 0.4) is 0 Å². The van der Waals surface area contributed by atoms with Crippen molar-refractivity contribution in [1.82, 2.24) is 10.2 Å². The second-order valence-electron chi connectivity index (χ2n) is 10.3. The molecule has 1 aliphatic carbocycles. The zero-order valence-corrected chi connectivity index (χ0v) is 22.3. The number of fused-ring (bicyclic) bond motifs is 2. The van der Waals surface area contributed by atoms with Gasteiger partial charge in [0.15, 0.2) is 11.4 Å². The van der Waals surface area contributed by atoms with Gasteiger partial charge in [-0.1, -0.05) is 11.6 Å². The number of anilines is 2. The van der Waals surface area contributed by atoms with Crippen molar-refractivity contribution >= 4 is 47.0 Å². The van der Waals surface area contributed by atoms with Crippen LogP contribution in [0.4, 0.5) is 25.4 Å². The molecule has 2 aliphatic heterocycles. The number of piperidine rings is 1. The highest BCUT2D eigenvalue weighted by molar-refractivity contribution is 6.31. The molecule has 2 heterocycles. The van der Waals surface area contributed by atoms with Crippen LogP contribution in [0.2, 0.25) is 5.02 Å². The number of hydrogen-bond donors (Lipinski definition) is 4. The van der Waals surface area contributed by atoms with Crippen LogP contribution in [0.1, 0.15) is 48.0 Å². The molecule has 2 aromatic rings. The second kappa shape index (κ2) is 10.6. The van der Waals surface area contributed by atoms with E-state index in [2.05, 4.69) is 16.0 Å². The molecule has 1 saturated heterocycles. The zero-order valence-electron chi connectivity index (χ0n) is 21.6. The first-order chi connectivity index (χ1) is 19.0. The normalized spacial score (nSPS) is 21.5. The summed E-state index contributed by atoms with van der Waals surface area (Å²) in [5, 5.41) is 16.2. The first kappa shape index (κ1) is 27.7. The number of hydrogen-bond acceptors (Lipinski definition) is 6. The number of benzene rings is 2. The Bertz CT molecular complexity index is 1370. The van der Waals surface area contributed by atoms with E-state index in [9.17, 15) is 19.2 Å². The van der Waals surface area contributed by atoms with Crippen molar-refractivity contribution in [3.8, 4) is 0 Å². The number of amides is 4. The molecule has 4 N–H and O–H groups in total. The van der Waals surface area contributed by atoms with E-state index in [1.54, 1.807) is 7.11 Å². The van der Waals surface area contributed by atoms with Gasteiger partial charge < -0.3 is 24.8 Å². The van der Waals surface area contributed by atoms with E-state index < -0.39 is 47.1 Å². The lowest BCUT2D eigenvalue weighted by atomic mass is 9.82. The lowest BCUT2D eigenvalue weighted by Gasteiger charge is -2.45. The lowest BCUT2D eigenvalue weighted by Crippen LogP contribution is -2.58. The maximum Gasteiger partial charge on any atom is 0.412 e. The van der Waals surface area contributed by atoms with E-state index in [-0.39, 0.29) is 46.9 Å². The Morgan fingerprint density at radius 2 is 1.93 bits per heavy atom. The van der Waals surface area contributed by atoms with Crippen LogP contribution in [0.25, 0.3) is 0 Å². The quantitative estimate of drug-likeness (QED) is 0.385. The van der Waals surface area contributed by atoms with Crippen molar-refractivity contribution in [2.75, 3.05) is 30.8 Å². The third-order valence-corrected chi connectivity index (χ3v) is 7.95. The molecule has 2 aromatic carbocycles. The summed E-state index contributed by atoms with van der Waals surface area (Å²) >= 11 is 6.06. The van der Waals surface area contributed by atoms with Gasteiger partial charge in [-0.15, -0.1) is 0 Å². The minimum Gasteiger partial charge on any atom is -0.465 e. The molecule has 13 heteroatoms. The number of rotatable bonds is 7. The Kier molecular flexibility index (Phi) is 7.32. The van der Waals surface area contributed by atoms with Crippen LogP contribution in [0, 0.1) is 5.82 Å². The molecule has 2 atom stereocenters. The molecular weight excluding hydrogens is 547 g/mol. The molecule has 4 amide bonds. The summed E-state index contributed by atoms with van der Waals surface area (Å²) in [7, 11) is 1.55. The number of likely N-dealkylation sites (tertiary alicyclic amines) is 1. The molecule has 1 saturated carbocycles. The van der Waals surface area contributed by atoms with Crippen molar-refractivity contribution in [3.05, 3.63) is 58.4 Å². The van der Waals surface area contributed by atoms with Gasteiger partial charge in [0.05, 0.1) is 28.4 Å².